The molecule has 0 saturated carbocycles. The third kappa shape index (κ3) is 4.15. The Bertz CT molecular complexity index is 649. The maximum atomic E-state index is 11.9. The normalized spacial score (nSPS) is 10.3. The summed E-state index contributed by atoms with van der Waals surface area (Å²) in [6.45, 7) is 2.15. The fraction of sp³-hybridized carbons (Fsp3) is 0.333. The molecule has 2 aromatic rings. The van der Waals surface area contributed by atoms with Crippen LogP contribution in [0.5, 0.6) is 0 Å². The van der Waals surface area contributed by atoms with Gasteiger partial charge in [-0.05, 0) is 37.6 Å². The van der Waals surface area contributed by atoms with Gasteiger partial charge in [0.15, 0.2) is 5.82 Å². The SMILES string of the molecule is COC(=O)CCCNC(=O)c1ccc(-c2nc(C)no2)cc1. The summed E-state index contributed by atoms with van der Waals surface area (Å²) in [4.78, 5) is 27.0. The molecule has 1 heterocycles. The minimum atomic E-state index is -0.284. The number of esters is 1. The molecule has 0 atom stereocenters. The lowest BCUT2D eigenvalue weighted by molar-refractivity contribution is -0.140. The first-order chi connectivity index (χ1) is 10.6. The first-order valence-corrected chi connectivity index (χ1v) is 6.86. The molecule has 1 aromatic heterocycles. The summed E-state index contributed by atoms with van der Waals surface area (Å²) < 4.78 is 9.58. The van der Waals surface area contributed by atoms with Gasteiger partial charge in [0.05, 0.1) is 7.11 Å². The average molecular weight is 303 g/mol. The quantitative estimate of drug-likeness (QED) is 0.645. The Balaban J connectivity index is 1.87. The molecule has 0 bridgehead atoms. The van der Waals surface area contributed by atoms with E-state index in [9.17, 15) is 9.59 Å². The maximum absolute atomic E-state index is 11.9. The summed E-state index contributed by atoms with van der Waals surface area (Å²) in [7, 11) is 1.34. The number of carbonyl (C=O) groups excluding carboxylic acids is 2. The molecule has 1 N–H and O–H groups in total. The predicted molar refractivity (Wildman–Crippen MR) is 78.1 cm³/mol. The van der Waals surface area contributed by atoms with Crippen molar-refractivity contribution in [2.45, 2.75) is 19.8 Å². The van der Waals surface area contributed by atoms with Crippen molar-refractivity contribution in [1.82, 2.24) is 15.5 Å². The van der Waals surface area contributed by atoms with Crippen molar-refractivity contribution in [3.05, 3.63) is 35.7 Å². The molecule has 116 valence electrons. The Hall–Kier alpha value is -2.70. The fourth-order valence-electron chi connectivity index (χ4n) is 1.82. The Labute approximate surface area is 127 Å². The van der Waals surface area contributed by atoms with E-state index in [1.165, 1.54) is 7.11 Å². The minimum Gasteiger partial charge on any atom is -0.469 e. The van der Waals surface area contributed by atoms with Crippen LogP contribution in [0.25, 0.3) is 11.5 Å². The molecule has 0 unspecified atom stereocenters. The smallest absolute Gasteiger partial charge is 0.305 e. The highest BCUT2D eigenvalue weighted by Crippen LogP contribution is 2.17. The zero-order valence-electron chi connectivity index (χ0n) is 12.5. The van der Waals surface area contributed by atoms with E-state index >= 15 is 0 Å². The molecule has 2 rings (SSSR count). The zero-order valence-corrected chi connectivity index (χ0v) is 12.5. The molecule has 0 spiro atoms. The van der Waals surface area contributed by atoms with E-state index in [-0.39, 0.29) is 18.3 Å². The highest BCUT2D eigenvalue weighted by molar-refractivity contribution is 5.94. The average Bonchev–Trinajstić information content (AvgIpc) is 2.97. The van der Waals surface area contributed by atoms with Gasteiger partial charge in [-0.3, -0.25) is 9.59 Å². The molecule has 22 heavy (non-hydrogen) atoms. The number of nitrogens with one attached hydrogen (secondary N) is 1. The number of rotatable bonds is 6. The van der Waals surface area contributed by atoms with Crippen molar-refractivity contribution in [2.24, 2.45) is 0 Å². The monoisotopic (exact) mass is 303 g/mol. The van der Waals surface area contributed by atoms with Gasteiger partial charge < -0.3 is 14.6 Å². The van der Waals surface area contributed by atoms with Gasteiger partial charge in [0.2, 0.25) is 0 Å². The summed E-state index contributed by atoms with van der Waals surface area (Å²) in [5.74, 6) is 0.497. The van der Waals surface area contributed by atoms with Gasteiger partial charge in [0, 0.05) is 24.1 Å². The Morgan fingerprint density at radius 1 is 1.27 bits per heavy atom. The van der Waals surface area contributed by atoms with Crippen molar-refractivity contribution in [3.63, 3.8) is 0 Å². The van der Waals surface area contributed by atoms with Crippen LogP contribution in [0.15, 0.2) is 28.8 Å². The third-order valence-corrected chi connectivity index (χ3v) is 2.99. The van der Waals surface area contributed by atoms with Crippen LogP contribution in [0.4, 0.5) is 0 Å². The van der Waals surface area contributed by atoms with Crippen LogP contribution >= 0.6 is 0 Å². The van der Waals surface area contributed by atoms with E-state index < -0.39 is 0 Å². The molecule has 0 aliphatic carbocycles. The van der Waals surface area contributed by atoms with Gasteiger partial charge in [-0.1, -0.05) is 5.16 Å². The van der Waals surface area contributed by atoms with Crippen LogP contribution in [0.3, 0.4) is 0 Å². The maximum Gasteiger partial charge on any atom is 0.305 e. The lowest BCUT2D eigenvalue weighted by atomic mass is 10.1. The second-order valence-electron chi connectivity index (χ2n) is 4.66. The lowest BCUT2D eigenvalue weighted by Gasteiger charge is -2.05. The molecule has 1 amide bonds. The van der Waals surface area contributed by atoms with Crippen molar-refractivity contribution in [2.75, 3.05) is 13.7 Å². The van der Waals surface area contributed by atoms with Crippen molar-refractivity contribution in [3.8, 4) is 11.5 Å². The number of aryl methyl sites for hydroxylation is 1. The molecule has 0 saturated heterocycles. The molecule has 0 aliphatic heterocycles. The summed E-state index contributed by atoms with van der Waals surface area (Å²) in [6, 6.07) is 6.86. The molecule has 7 nitrogen and oxygen atoms in total. The second-order valence-corrected chi connectivity index (χ2v) is 4.66. The number of hydrogen-bond acceptors (Lipinski definition) is 6. The van der Waals surface area contributed by atoms with E-state index in [1.807, 2.05) is 0 Å². The van der Waals surface area contributed by atoms with E-state index in [4.69, 9.17) is 4.52 Å². The van der Waals surface area contributed by atoms with Crippen molar-refractivity contribution >= 4 is 11.9 Å². The van der Waals surface area contributed by atoms with Gasteiger partial charge in [-0.2, -0.15) is 4.98 Å². The van der Waals surface area contributed by atoms with Crippen LogP contribution < -0.4 is 5.32 Å². The standard InChI is InChI=1S/C15H17N3O4/c1-10-17-15(22-18-10)12-7-5-11(6-8-12)14(20)16-9-3-4-13(19)21-2/h5-8H,3-4,9H2,1-2H3,(H,16,20). The molecule has 0 fully saturated rings. The molecular formula is C15H17N3O4. The number of methoxy groups -OCH3 is 1. The van der Waals surface area contributed by atoms with E-state index in [0.29, 0.717) is 30.2 Å². The summed E-state index contributed by atoms with van der Waals surface area (Å²) >= 11 is 0. The van der Waals surface area contributed by atoms with Crippen LogP contribution in [-0.2, 0) is 9.53 Å². The summed E-state index contributed by atoms with van der Waals surface area (Å²) in [5, 5.41) is 6.46. The molecule has 1 aromatic carbocycles. The summed E-state index contributed by atoms with van der Waals surface area (Å²) in [5.41, 5.74) is 1.28. The fourth-order valence-corrected chi connectivity index (χ4v) is 1.82. The van der Waals surface area contributed by atoms with E-state index in [2.05, 4.69) is 20.2 Å². The van der Waals surface area contributed by atoms with Crippen LogP contribution in [0.2, 0.25) is 0 Å². The third-order valence-electron chi connectivity index (χ3n) is 2.99. The van der Waals surface area contributed by atoms with Gasteiger partial charge in [-0.15, -0.1) is 0 Å². The molecular weight excluding hydrogens is 286 g/mol. The number of amides is 1. The number of carbonyl (C=O) groups is 2. The Morgan fingerprint density at radius 3 is 2.59 bits per heavy atom. The first-order valence-electron chi connectivity index (χ1n) is 6.86. The minimum absolute atomic E-state index is 0.196. The Morgan fingerprint density at radius 2 is 2.00 bits per heavy atom. The van der Waals surface area contributed by atoms with E-state index in [0.717, 1.165) is 5.56 Å². The number of nitrogens with zero attached hydrogens (tertiary/aromatic N) is 2. The molecule has 7 heteroatoms. The van der Waals surface area contributed by atoms with Crippen LogP contribution in [0, 0.1) is 6.92 Å². The molecule has 0 aliphatic rings. The topological polar surface area (TPSA) is 94.3 Å². The van der Waals surface area contributed by atoms with Gasteiger partial charge >= 0.3 is 5.97 Å². The van der Waals surface area contributed by atoms with Crippen molar-refractivity contribution < 1.29 is 18.8 Å². The number of ether oxygens (including phenoxy) is 1. The van der Waals surface area contributed by atoms with E-state index in [1.54, 1.807) is 31.2 Å². The van der Waals surface area contributed by atoms with Gasteiger partial charge in [0.25, 0.3) is 11.8 Å². The second kappa shape index (κ2) is 7.35. The largest absolute Gasteiger partial charge is 0.469 e. The van der Waals surface area contributed by atoms with Crippen molar-refractivity contribution in [1.29, 1.82) is 0 Å². The highest BCUT2D eigenvalue weighted by Gasteiger charge is 2.09. The lowest BCUT2D eigenvalue weighted by Crippen LogP contribution is -2.24. The number of aromatic nitrogens is 2. The zero-order chi connectivity index (χ0) is 15.9. The molecule has 0 radical (unpaired) electrons. The van der Waals surface area contributed by atoms with Crippen LogP contribution in [-0.4, -0.2) is 35.7 Å². The number of hydrogen-bond donors (Lipinski definition) is 1. The van der Waals surface area contributed by atoms with Gasteiger partial charge in [-0.25, -0.2) is 0 Å². The number of benzene rings is 1. The highest BCUT2D eigenvalue weighted by atomic mass is 16.5. The first kappa shape index (κ1) is 15.7. The Kier molecular flexibility index (Phi) is 5.24. The predicted octanol–water partition coefficient (Wildman–Crippen LogP) is 1.73. The van der Waals surface area contributed by atoms with Gasteiger partial charge in [0.1, 0.15) is 0 Å². The van der Waals surface area contributed by atoms with Crippen LogP contribution in [0.1, 0.15) is 29.0 Å². The summed E-state index contributed by atoms with van der Waals surface area (Å²) in [6.07, 6.45) is 0.823.